The van der Waals surface area contributed by atoms with Gasteiger partial charge in [0, 0.05) is 5.54 Å². The summed E-state index contributed by atoms with van der Waals surface area (Å²) in [4.78, 5) is 11.3. The highest BCUT2D eigenvalue weighted by atomic mass is 16.2. The number of hydrogen-bond donors (Lipinski definition) is 2. The van der Waals surface area contributed by atoms with Crippen LogP contribution in [0.1, 0.15) is 33.6 Å². The Morgan fingerprint density at radius 1 is 1.58 bits per heavy atom. The molecule has 1 saturated carbocycles. The zero-order valence-electron chi connectivity index (χ0n) is 8.05. The van der Waals surface area contributed by atoms with Crippen LogP contribution in [-0.2, 0) is 4.79 Å². The van der Waals surface area contributed by atoms with E-state index in [4.69, 9.17) is 5.73 Å². The van der Waals surface area contributed by atoms with E-state index in [1.807, 2.05) is 0 Å². The summed E-state index contributed by atoms with van der Waals surface area (Å²) in [6.07, 6.45) is 2.46. The minimum absolute atomic E-state index is 0.0492. The summed E-state index contributed by atoms with van der Waals surface area (Å²) in [6.45, 7) is 5.83. The van der Waals surface area contributed by atoms with Crippen LogP contribution in [0, 0.1) is 5.92 Å². The topological polar surface area (TPSA) is 55.1 Å². The van der Waals surface area contributed by atoms with E-state index in [0.717, 1.165) is 0 Å². The fourth-order valence-corrected chi connectivity index (χ4v) is 1.34. The van der Waals surface area contributed by atoms with Gasteiger partial charge >= 0.3 is 0 Å². The van der Waals surface area contributed by atoms with E-state index in [9.17, 15) is 4.79 Å². The summed E-state index contributed by atoms with van der Waals surface area (Å²) >= 11 is 0. The van der Waals surface area contributed by atoms with Crippen LogP contribution in [0.25, 0.3) is 0 Å². The Kier molecular flexibility index (Phi) is 2.42. The highest BCUT2D eigenvalue weighted by Crippen LogP contribution is 2.39. The van der Waals surface area contributed by atoms with Crippen molar-refractivity contribution in [1.29, 1.82) is 0 Å². The first kappa shape index (κ1) is 9.52. The van der Waals surface area contributed by atoms with E-state index in [0.29, 0.717) is 5.92 Å². The quantitative estimate of drug-likeness (QED) is 0.653. The van der Waals surface area contributed by atoms with Crippen LogP contribution in [0.15, 0.2) is 0 Å². The van der Waals surface area contributed by atoms with Gasteiger partial charge < -0.3 is 11.1 Å². The molecule has 0 aliphatic heterocycles. The fourth-order valence-electron chi connectivity index (χ4n) is 1.34. The average molecular weight is 170 g/mol. The molecule has 1 fully saturated rings. The minimum Gasteiger partial charge on any atom is -0.350 e. The summed E-state index contributed by atoms with van der Waals surface area (Å²) < 4.78 is 0. The molecule has 3 nitrogen and oxygen atoms in total. The van der Waals surface area contributed by atoms with Crippen LogP contribution >= 0.6 is 0 Å². The lowest BCUT2D eigenvalue weighted by atomic mass is 9.98. The van der Waals surface area contributed by atoms with Gasteiger partial charge in [0.2, 0.25) is 5.91 Å². The second-order valence-electron chi connectivity index (χ2n) is 4.27. The van der Waals surface area contributed by atoms with Crippen LogP contribution in [0.5, 0.6) is 0 Å². The maximum Gasteiger partial charge on any atom is 0.237 e. The molecule has 3 heteroatoms. The third-order valence-corrected chi connectivity index (χ3v) is 2.46. The lowest BCUT2D eigenvalue weighted by Gasteiger charge is -2.27. The number of rotatable bonds is 3. The summed E-state index contributed by atoms with van der Waals surface area (Å²) in [5.74, 6) is 0.604. The maximum atomic E-state index is 11.3. The van der Waals surface area contributed by atoms with Gasteiger partial charge in [0.15, 0.2) is 0 Å². The van der Waals surface area contributed by atoms with Crippen LogP contribution in [0.2, 0.25) is 0 Å². The second-order valence-corrected chi connectivity index (χ2v) is 4.27. The van der Waals surface area contributed by atoms with Gasteiger partial charge in [-0.3, -0.25) is 4.79 Å². The normalized spacial score (nSPS) is 20.3. The van der Waals surface area contributed by atoms with Crippen molar-refractivity contribution in [3.8, 4) is 0 Å². The lowest BCUT2D eigenvalue weighted by molar-refractivity contribution is -0.123. The van der Waals surface area contributed by atoms with Crippen molar-refractivity contribution in [3.63, 3.8) is 0 Å². The van der Waals surface area contributed by atoms with Crippen molar-refractivity contribution >= 4 is 5.91 Å². The fraction of sp³-hybridized carbons (Fsp3) is 0.889. The minimum atomic E-state index is -0.400. The van der Waals surface area contributed by atoms with Gasteiger partial charge in [-0.05, 0) is 39.5 Å². The van der Waals surface area contributed by atoms with Crippen molar-refractivity contribution in [1.82, 2.24) is 5.32 Å². The molecule has 0 aromatic rings. The first-order valence-electron chi connectivity index (χ1n) is 4.51. The van der Waals surface area contributed by atoms with Crippen molar-refractivity contribution in [3.05, 3.63) is 0 Å². The smallest absolute Gasteiger partial charge is 0.237 e. The molecule has 0 spiro atoms. The molecule has 70 valence electrons. The molecular formula is C9H18N2O. The number of carbonyl (C=O) groups excluding carboxylic acids is 1. The van der Waals surface area contributed by atoms with Gasteiger partial charge in [0.05, 0.1) is 6.04 Å². The standard InChI is InChI=1S/C9H18N2O/c1-6(10)8(12)11-9(2,3)7-4-5-7/h6-7H,4-5,10H2,1-3H3,(H,11,12)/t6-/m0/s1. The molecule has 3 N–H and O–H groups in total. The molecule has 0 aromatic heterocycles. The Labute approximate surface area is 73.7 Å². The number of nitrogens with one attached hydrogen (secondary N) is 1. The van der Waals surface area contributed by atoms with E-state index in [2.05, 4.69) is 19.2 Å². The highest BCUT2D eigenvalue weighted by Gasteiger charge is 2.38. The van der Waals surface area contributed by atoms with Gasteiger partial charge in [0.1, 0.15) is 0 Å². The molecule has 1 rings (SSSR count). The van der Waals surface area contributed by atoms with E-state index in [-0.39, 0.29) is 11.4 Å². The third kappa shape index (κ3) is 2.21. The zero-order chi connectivity index (χ0) is 9.35. The third-order valence-electron chi connectivity index (χ3n) is 2.46. The molecule has 0 bridgehead atoms. The van der Waals surface area contributed by atoms with Crippen LogP contribution < -0.4 is 11.1 Å². The predicted molar refractivity (Wildman–Crippen MR) is 48.6 cm³/mol. The van der Waals surface area contributed by atoms with Gasteiger partial charge in [-0.25, -0.2) is 0 Å². The van der Waals surface area contributed by atoms with Crippen LogP contribution in [0.3, 0.4) is 0 Å². The molecule has 0 saturated heterocycles. The Morgan fingerprint density at radius 2 is 2.08 bits per heavy atom. The molecule has 0 unspecified atom stereocenters. The van der Waals surface area contributed by atoms with Gasteiger partial charge in [-0.2, -0.15) is 0 Å². The summed E-state index contributed by atoms with van der Waals surface area (Å²) in [6, 6.07) is -0.400. The molecule has 0 heterocycles. The Morgan fingerprint density at radius 3 is 2.42 bits per heavy atom. The molecule has 1 amide bonds. The second kappa shape index (κ2) is 3.05. The van der Waals surface area contributed by atoms with Gasteiger partial charge in [-0.1, -0.05) is 0 Å². The molecule has 0 radical (unpaired) electrons. The number of hydrogen-bond acceptors (Lipinski definition) is 2. The first-order chi connectivity index (χ1) is 5.43. The van der Waals surface area contributed by atoms with Crippen molar-refractivity contribution in [2.24, 2.45) is 11.7 Å². The van der Waals surface area contributed by atoms with Crippen molar-refractivity contribution in [2.75, 3.05) is 0 Å². The average Bonchev–Trinajstić information content (AvgIpc) is 2.65. The van der Waals surface area contributed by atoms with Gasteiger partial charge in [-0.15, -0.1) is 0 Å². The van der Waals surface area contributed by atoms with Crippen molar-refractivity contribution < 1.29 is 4.79 Å². The number of nitrogens with two attached hydrogens (primary N) is 1. The van der Waals surface area contributed by atoms with E-state index < -0.39 is 6.04 Å². The maximum absolute atomic E-state index is 11.3. The summed E-state index contributed by atoms with van der Waals surface area (Å²) in [7, 11) is 0. The predicted octanol–water partition coefficient (Wildman–Crippen LogP) is 0.638. The number of carbonyl (C=O) groups is 1. The summed E-state index contributed by atoms with van der Waals surface area (Å²) in [5, 5.41) is 2.95. The SMILES string of the molecule is C[C@H](N)C(=O)NC(C)(C)C1CC1. The van der Waals surface area contributed by atoms with E-state index >= 15 is 0 Å². The summed E-state index contributed by atoms with van der Waals surface area (Å²) in [5.41, 5.74) is 5.39. The lowest BCUT2D eigenvalue weighted by Crippen LogP contribution is -2.50. The van der Waals surface area contributed by atoms with Crippen LogP contribution in [-0.4, -0.2) is 17.5 Å². The Bertz CT molecular complexity index is 183. The first-order valence-corrected chi connectivity index (χ1v) is 4.51. The Balaban J connectivity index is 2.43. The Hall–Kier alpha value is -0.570. The molecule has 12 heavy (non-hydrogen) atoms. The molecule has 1 aliphatic carbocycles. The highest BCUT2D eigenvalue weighted by molar-refractivity contribution is 5.81. The monoisotopic (exact) mass is 170 g/mol. The van der Waals surface area contributed by atoms with Crippen LogP contribution in [0.4, 0.5) is 0 Å². The van der Waals surface area contributed by atoms with Gasteiger partial charge in [0.25, 0.3) is 0 Å². The molecule has 1 aliphatic rings. The molecular weight excluding hydrogens is 152 g/mol. The molecule has 1 atom stereocenters. The van der Waals surface area contributed by atoms with E-state index in [1.54, 1.807) is 6.92 Å². The largest absolute Gasteiger partial charge is 0.350 e. The van der Waals surface area contributed by atoms with E-state index in [1.165, 1.54) is 12.8 Å². The zero-order valence-corrected chi connectivity index (χ0v) is 8.05. The number of amides is 1. The molecule has 0 aromatic carbocycles. The van der Waals surface area contributed by atoms with Crippen molar-refractivity contribution in [2.45, 2.75) is 45.2 Å².